The van der Waals surface area contributed by atoms with Crippen molar-refractivity contribution in [1.29, 1.82) is 0 Å². The van der Waals surface area contributed by atoms with E-state index in [0.717, 1.165) is 9.78 Å². The lowest BCUT2D eigenvalue weighted by Crippen LogP contribution is -2.45. The molecule has 1 unspecified atom stereocenters. The summed E-state index contributed by atoms with van der Waals surface area (Å²) in [6, 6.07) is 12.0. The number of rotatable bonds is 9. The largest absolute Gasteiger partial charge is 0.418 e. The summed E-state index contributed by atoms with van der Waals surface area (Å²) < 4.78 is 10.8. The van der Waals surface area contributed by atoms with Crippen molar-refractivity contribution in [2.24, 2.45) is 0 Å². The Bertz CT molecular complexity index is 1130. The topological polar surface area (TPSA) is 118 Å². The Morgan fingerprint density at radius 2 is 2.00 bits per heavy atom. The molecule has 1 aromatic carbocycles. The van der Waals surface area contributed by atoms with Crippen LogP contribution >= 0.6 is 11.3 Å². The van der Waals surface area contributed by atoms with Gasteiger partial charge in [-0.3, -0.25) is 14.5 Å². The van der Waals surface area contributed by atoms with E-state index in [1.807, 2.05) is 23.6 Å². The van der Waals surface area contributed by atoms with Gasteiger partial charge in [0, 0.05) is 13.7 Å². The van der Waals surface area contributed by atoms with Gasteiger partial charge in [0.15, 0.2) is 0 Å². The van der Waals surface area contributed by atoms with Crippen LogP contribution in [0, 0.1) is 0 Å². The molecule has 1 saturated heterocycles. The number of hydrogen-bond donors (Lipinski definition) is 1. The number of methoxy groups -OCH3 is 1. The molecule has 10 nitrogen and oxygen atoms in total. The highest BCUT2D eigenvalue weighted by molar-refractivity contribution is 7.13. The molecule has 0 aliphatic carbocycles. The number of urea groups is 1. The number of carbonyl (C=O) groups excluding carboxylic acids is 3. The summed E-state index contributed by atoms with van der Waals surface area (Å²) in [6.45, 7) is 1.73. The maximum Gasteiger partial charge on any atom is 0.325 e. The van der Waals surface area contributed by atoms with Gasteiger partial charge in [0.05, 0.1) is 18.0 Å². The number of imide groups is 1. The lowest BCUT2D eigenvalue weighted by Gasteiger charge is -2.24. The van der Waals surface area contributed by atoms with Crippen LogP contribution in [-0.2, 0) is 26.4 Å². The van der Waals surface area contributed by atoms with Gasteiger partial charge in [0.2, 0.25) is 11.8 Å². The molecular formula is C22H23N5O5S. The molecule has 0 radical (unpaired) electrons. The van der Waals surface area contributed by atoms with Gasteiger partial charge >= 0.3 is 6.03 Å². The number of nitrogens with zero attached hydrogens (tertiary/aromatic N) is 4. The normalized spacial score (nSPS) is 17.9. The highest BCUT2D eigenvalue weighted by Gasteiger charge is 2.49. The maximum atomic E-state index is 13.1. The second-order valence-corrected chi connectivity index (χ2v) is 8.55. The average molecular weight is 470 g/mol. The van der Waals surface area contributed by atoms with Crippen LogP contribution in [0.1, 0.15) is 18.4 Å². The Morgan fingerprint density at radius 3 is 2.70 bits per heavy atom. The number of amides is 4. The van der Waals surface area contributed by atoms with Gasteiger partial charge in [0.25, 0.3) is 11.8 Å². The monoisotopic (exact) mass is 469 g/mol. The Hall–Kier alpha value is -3.57. The molecule has 1 aliphatic rings. The summed E-state index contributed by atoms with van der Waals surface area (Å²) in [7, 11) is 1.52. The minimum Gasteiger partial charge on any atom is -0.418 e. The molecule has 1 fully saturated rings. The standard InChI is InChI=1S/C22H23N5O5S/c1-22(15-7-4-3-5-8-15)20(29)27(21(30)23-22)14-18(28)26(10-11-31-2)13-17-24-25-19(32-17)16-9-6-12-33-16/h3-9,12H,10-11,13-14H2,1-2H3,(H,23,30). The third kappa shape index (κ3) is 4.64. The van der Waals surface area contributed by atoms with E-state index in [1.165, 1.54) is 23.3 Å². The number of nitrogens with one attached hydrogen (secondary N) is 1. The first kappa shape index (κ1) is 22.6. The molecule has 4 rings (SSSR count). The summed E-state index contributed by atoms with van der Waals surface area (Å²) in [6.07, 6.45) is 0. The highest BCUT2D eigenvalue weighted by Crippen LogP contribution is 2.28. The van der Waals surface area contributed by atoms with Crippen molar-refractivity contribution in [1.82, 2.24) is 25.3 Å². The molecule has 2 aromatic heterocycles. The first-order chi connectivity index (χ1) is 15.9. The van der Waals surface area contributed by atoms with E-state index in [9.17, 15) is 14.4 Å². The fraction of sp³-hybridized carbons (Fsp3) is 0.318. The van der Waals surface area contributed by atoms with Crippen LogP contribution in [0.3, 0.4) is 0 Å². The SMILES string of the molecule is COCCN(Cc1nnc(-c2cccs2)o1)C(=O)CN1C(=O)NC(C)(c2ccccc2)C1=O. The second kappa shape index (κ2) is 9.51. The molecule has 3 aromatic rings. The fourth-order valence-corrected chi connectivity index (χ4v) is 4.16. The Balaban J connectivity index is 1.48. The molecule has 33 heavy (non-hydrogen) atoms. The number of ether oxygens (including phenoxy) is 1. The molecule has 0 bridgehead atoms. The van der Waals surface area contributed by atoms with Crippen molar-refractivity contribution in [2.45, 2.75) is 19.0 Å². The summed E-state index contributed by atoms with van der Waals surface area (Å²) in [5.41, 5.74) is -0.598. The second-order valence-electron chi connectivity index (χ2n) is 7.60. The third-order valence-electron chi connectivity index (χ3n) is 5.36. The van der Waals surface area contributed by atoms with Gasteiger partial charge in [-0.05, 0) is 23.9 Å². The van der Waals surface area contributed by atoms with Crippen LogP contribution in [0.2, 0.25) is 0 Å². The number of hydrogen-bond acceptors (Lipinski definition) is 8. The predicted octanol–water partition coefficient (Wildman–Crippen LogP) is 2.24. The van der Waals surface area contributed by atoms with Gasteiger partial charge in [-0.2, -0.15) is 0 Å². The predicted molar refractivity (Wildman–Crippen MR) is 119 cm³/mol. The van der Waals surface area contributed by atoms with Gasteiger partial charge < -0.3 is 19.4 Å². The lowest BCUT2D eigenvalue weighted by atomic mass is 9.92. The zero-order chi connectivity index (χ0) is 23.4. The number of carbonyl (C=O) groups is 3. The number of thiophene rings is 1. The summed E-state index contributed by atoms with van der Waals surface area (Å²) in [5, 5.41) is 12.7. The van der Waals surface area contributed by atoms with Crippen molar-refractivity contribution in [3.63, 3.8) is 0 Å². The molecule has 172 valence electrons. The van der Waals surface area contributed by atoms with Gasteiger partial charge in [-0.1, -0.05) is 36.4 Å². The van der Waals surface area contributed by atoms with E-state index in [4.69, 9.17) is 9.15 Å². The molecule has 1 N–H and O–H groups in total. The molecule has 1 atom stereocenters. The van der Waals surface area contributed by atoms with Crippen molar-refractivity contribution >= 4 is 29.2 Å². The molecule has 1 aliphatic heterocycles. The highest BCUT2D eigenvalue weighted by atomic mass is 32.1. The fourth-order valence-electron chi connectivity index (χ4n) is 3.52. The smallest absolute Gasteiger partial charge is 0.325 e. The van der Waals surface area contributed by atoms with Crippen molar-refractivity contribution < 1.29 is 23.5 Å². The van der Waals surface area contributed by atoms with Crippen molar-refractivity contribution in [3.05, 3.63) is 59.3 Å². The summed E-state index contributed by atoms with van der Waals surface area (Å²) in [5.74, 6) is -0.318. The maximum absolute atomic E-state index is 13.1. The van der Waals surface area contributed by atoms with E-state index in [1.54, 1.807) is 31.2 Å². The van der Waals surface area contributed by atoms with Crippen molar-refractivity contribution in [2.75, 3.05) is 26.8 Å². The first-order valence-corrected chi connectivity index (χ1v) is 11.1. The molecule has 3 heterocycles. The van der Waals surface area contributed by atoms with Crippen LogP contribution in [0.5, 0.6) is 0 Å². The molecular weight excluding hydrogens is 446 g/mol. The summed E-state index contributed by atoms with van der Waals surface area (Å²) in [4.78, 5) is 42.0. The zero-order valence-electron chi connectivity index (χ0n) is 18.2. The Kier molecular flexibility index (Phi) is 6.52. The molecule has 0 saturated carbocycles. The first-order valence-electron chi connectivity index (χ1n) is 10.2. The average Bonchev–Trinajstić information content (AvgIpc) is 3.55. The number of aromatic nitrogens is 2. The lowest BCUT2D eigenvalue weighted by molar-refractivity contribution is -0.139. The molecule has 0 spiro atoms. The van der Waals surface area contributed by atoms with Crippen LogP contribution in [0.4, 0.5) is 4.79 Å². The minimum absolute atomic E-state index is 0.0279. The van der Waals surface area contributed by atoms with E-state index in [0.29, 0.717) is 11.5 Å². The van der Waals surface area contributed by atoms with E-state index in [-0.39, 0.29) is 25.6 Å². The molecule has 11 heteroatoms. The van der Waals surface area contributed by atoms with Crippen molar-refractivity contribution in [3.8, 4) is 10.8 Å². The van der Waals surface area contributed by atoms with Crippen LogP contribution in [-0.4, -0.2) is 64.6 Å². The van der Waals surface area contributed by atoms with E-state index < -0.39 is 29.9 Å². The van der Waals surface area contributed by atoms with E-state index in [2.05, 4.69) is 15.5 Å². The molecule has 4 amide bonds. The number of benzene rings is 1. The van der Waals surface area contributed by atoms with E-state index >= 15 is 0 Å². The Labute approximate surface area is 194 Å². The quantitative estimate of drug-likeness (QED) is 0.478. The van der Waals surface area contributed by atoms with Gasteiger partial charge in [0.1, 0.15) is 12.1 Å². The van der Waals surface area contributed by atoms with Gasteiger partial charge in [-0.15, -0.1) is 21.5 Å². The summed E-state index contributed by atoms with van der Waals surface area (Å²) >= 11 is 1.46. The zero-order valence-corrected chi connectivity index (χ0v) is 19.0. The van der Waals surface area contributed by atoms with Crippen LogP contribution in [0.15, 0.2) is 52.3 Å². The minimum atomic E-state index is -1.24. The third-order valence-corrected chi connectivity index (χ3v) is 6.22. The van der Waals surface area contributed by atoms with Gasteiger partial charge in [-0.25, -0.2) is 4.79 Å². The van der Waals surface area contributed by atoms with Crippen LogP contribution < -0.4 is 5.32 Å². The Morgan fingerprint density at radius 1 is 1.21 bits per heavy atom. The van der Waals surface area contributed by atoms with Crippen LogP contribution in [0.25, 0.3) is 10.8 Å².